The van der Waals surface area contributed by atoms with Gasteiger partial charge in [-0.15, -0.1) is 11.3 Å². The van der Waals surface area contributed by atoms with Crippen molar-refractivity contribution in [3.05, 3.63) is 46.3 Å². The van der Waals surface area contributed by atoms with Crippen LogP contribution < -0.4 is 15.4 Å². The minimum absolute atomic E-state index is 0.109. The summed E-state index contributed by atoms with van der Waals surface area (Å²) in [5, 5.41) is 1.97. The topological polar surface area (TPSA) is 55.6 Å². The predicted octanol–water partition coefficient (Wildman–Crippen LogP) is 3.51. The van der Waals surface area contributed by atoms with E-state index in [9.17, 15) is 4.79 Å². The second kappa shape index (κ2) is 5.61. The molecule has 0 saturated heterocycles. The quantitative estimate of drug-likeness (QED) is 0.697. The Balaban J connectivity index is 2.05. The Morgan fingerprint density at radius 2 is 2.24 bits per heavy atom. The summed E-state index contributed by atoms with van der Waals surface area (Å²) >= 11 is 1.57. The molecule has 2 N–H and O–H groups in total. The van der Waals surface area contributed by atoms with Gasteiger partial charge in [0.1, 0.15) is 0 Å². The molecule has 1 aliphatic rings. The normalized spacial score (nSPS) is 16.0. The number of fused-ring (bicyclic) bond motifs is 1. The molecule has 1 aliphatic heterocycles. The molecule has 0 unspecified atom stereocenters. The van der Waals surface area contributed by atoms with Crippen molar-refractivity contribution in [2.75, 3.05) is 17.2 Å². The number of ether oxygens (including phenoxy) is 1. The van der Waals surface area contributed by atoms with Crippen LogP contribution in [-0.2, 0) is 4.79 Å². The van der Waals surface area contributed by atoms with Crippen LogP contribution in [0.5, 0.6) is 5.75 Å². The first-order valence-electron chi connectivity index (χ1n) is 6.83. The Morgan fingerprint density at radius 1 is 1.38 bits per heavy atom. The molecule has 0 atom stereocenters. The average Bonchev–Trinajstić information content (AvgIpc) is 2.96. The van der Waals surface area contributed by atoms with E-state index in [1.54, 1.807) is 34.4 Å². The molecule has 5 heteroatoms. The summed E-state index contributed by atoms with van der Waals surface area (Å²) in [6.45, 7) is 2.70. The number of carbonyl (C=O) groups is 1. The van der Waals surface area contributed by atoms with Gasteiger partial charge in [-0.25, -0.2) is 0 Å². The van der Waals surface area contributed by atoms with E-state index in [2.05, 4.69) is 0 Å². The number of benzene rings is 1. The van der Waals surface area contributed by atoms with Crippen LogP contribution in [0.15, 0.2) is 41.5 Å². The molecular formula is C16H16N2O2S. The molecule has 1 amide bonds. The average molecular weight is 300 g/mol. The van der Waals surface area contributed by atoms with Crippen LogP contribution >= 0.6 is 11.3 Å². The summed E-state index contributed by atoms with van der Waals surface area (Å²) in [7, 11) is 0. The SMILES string of the molecule is CCCN1C(=O)/C(=C\c2cccs2)Oc2cc(N)ccc21. The largest absolute Gasteiger partial charge is 0.449 e. The number of carbonyl (C=O) groups excluding carboxylic acids is 1. The summed E-state index contributed by atoms with van der Waals surface area (Å²) < 4.78 is 5.77. The molecular weight excluding hydrogens is 284 g/mol. The van der Waals surface area contributed by atoms with Crippen LogP contribution in [-0.4, -0.2) is 12.5 Å². The summed E-state index contributed by atoms with van der Waals surface area (Å²) in [6.07, 6.45) is 2.66. The number of hydrogen-bond acceptors (Lipinski definition) is 4. The van der Waals surface area contributed by atoms with Crippen LogP contribution in [0.3, 0.4) is 0 Å². The Hall–Kier alpha value is -2.27. The fourth-order valence-corrected chi connectivity index (χ4v) is 2.93. The summed E-state index contributed by atoms with van der Waals surface area (Å²) in [6, 6.07) is 9.27. The lowest BCUT2D eigenvalue weighted by Crippen LogP contribution is -2.37. The molecule has 4 nitrogen and oxygen atoms in total. The molecule has 3 rings (SSSR count). The Bertz CT molecular complexity index is 692. The van der Waals surface area contributed by atoms with Crippen molar-refractivity contribution in [2.24, 2.45) is 0 Å². The van der Waals surface area contributed by atoms with E-state index in [1.165, 1.54) is 0 Å². The van der Waals surface area contributed by atoms with Crippen LogP contribution in [0.1, 0.15) is 18.2 Å². The minimum atomic E-state index is -0.109. The van der Waals surface area contributed by atoms with E-state index < -0.39 is 0 Å². The van der Waals surface area contributed by atoms with Gasteiger partial charge >= 0.3 is 0 Å². The number of thiophene rings is 1. The smallest absolute Gasteiger partial charge is 0.294 e. The van der Waals surface area contributed by atoms with E-state index in [1.807, 2.05) is 30.5 Å². The van der Waals surface area contributed by atoms with Crippen molar-refractivity contribution in [3.8, 4) is 5.75 Å². The number of amides is 1. The molecule has 0 bridgehead atoms. The third-order valence-electron chi connectivity index (χ3n) is 3.21. The third-order valence-corrected chi connectivity index (χ3v) is 4.03. The predicted molar refractivity (Wildman–Crippen MR) is 86.4 cm³/mol. The zero-order valence-corrected chi connectivity index (χ0v) is 12.5. The standard InChI is InChI=1S/C16H16N2O2S/c1-2-7-18-13-6-5-11(17)9-14(13)20-15(16(18)19)10-12-4-3-8-21-12/h3-6,8-10H,2,7,17H2,1H3/b15-10+. The minimum Gasteiger partial charge on any atom is -0.449 e. The summed E-state index contributed by atoms with van der Waals surface area (Å²) in [5.41, 5.74) is 7.21. The van der Waals surface area contributed by atoms with Crippen molar-refractivity contribution in [1.29, 1.82) is 0 Å². The van der Waals surface area contributed by atoms with Gasteiger partial charge in [0.05, 0.1) is 5.69 Å². The van der Waals surface area contributed by atoms with Gasteiger partial charge in [-0.2, -0.15) is 0 Å². The fraction of sp³-hybridized carbons (Fsp3) is 0.188. The third kappa shape index (κ3) is 2.64. The maximum Gasteiger partial charge on any atom is 0.294 e. The van der Waals surface area contributed by atoms with Gasteiger partial charge in [-0.1, -0.05) is 13.0 Å². The lowest BCUT2D eigenvalue weighted by molar-refractivity contribution is -0.117. The van der Waals surface area contributed by atoms with Crippen LogP contribution in [0.4, 0.5) is 11.4 Å². The number of rotatable bonds is 3. The van der Waals surface area contributed by atoms with E-state index in [0.29, 0.717) is 23.7 Å². The highest BCUT2D eigenvalue weighted by Gasteiger charge is 2.29. The maximum atomic E-state index is 12.6. The molecule has 1 aromatic heterocycles. The first-order valence-corrected chi connectivity index (χ1v) is 7.71. The van der Waals surface area contributed by atoms with Crippen molar-refractivity contribution in [1.82, 2.24) is 0 Å². The molecule has 1 aromatic carbocycles. The Morgan fingerprint density at radius 3 is 2.95 bits per heavy atom. The number of hydrogen-bond donors (Lipinski definition) is 1. The highest BCUT2D eigenvalue weighted by molar-refractivity contribution is 7.10. The number of nitrogens with two attached hydrogens (primary N) is 1. The lowest BCUT2D eigenvalue weighted by atomic mass is 10.2. The van der Waals surface area contributed by atoms with Crippen LogP contribution in [0.2, 0.25) is 0 Å². The van der Waals surface area contributed by atoms with E-state index >= 15 is 0 Å². The maximum absolute atomic E-state index is 12.6. The Labute approximate surface area is 127 Å². The summed E-state index contributed by atoms with van der Waals surface area (Å²) in [4.78, 5) is 15.3. The zero-order valence-electron chi connectivity index (χ0n) is 11.7. The zero-order chi connectivity index (χ0) is 14.8. The van der Waals surface area contributed by atoms with E-state index in [0.717, 1.165) is 17.0 Å². The molecule has 0 saturated carbocycles. The highest BCUT2D eigenvalue weighted by Crippen LogP contribution is 2.37. The number of nitrogens with zero attached hydrogens (tertiary/aromatic N) is 1. The first-order chi connectivity index (χ1) is 10.2. The van der Waals surface area contributed by atoms with E-state index in [4.69, 9.17) is 10.5 Å². The Kier molecular flexibility index (Phi) is 3.66. The van der Waals surface area contributed by atoms with Crippen LogP contribution in [0.25, 0.3) is 6.08 Å². The first kappa shape index (κ1) is 13.7. The van der Waals surface area contributed by atoms with E-state index in [-0.39, 0.29) is 5.91 Å². The van der Waals surface area contributed by atoms with Gasteiger partial charge in [0.25, 0.3) is 5.91 Å². The molecule has 2 heterocycles. The highest BCUT2D eigenvalue weighted by atomic mass is 32.1. The fourth-order valence-electron chi connectivity index (χ4n) is 2.28. The molecule has 0 spiro atoms. The van der Waals surface area contributed by atoms with Crippen LogP contribution in [0, 0.1) is 0 Å². The monoisotopic (exact) mass is 300 g/mol. The second-order valence-corrected chi connectivity index (χ2v) is 5.79. The van der Waals surface area contributed by atoms with Gasteiger partial charge in [-0.3, -0.25) is 4.79 Å². The number of nitrogen functional groups attached to an aromatic ring is 1. The van der Waals surface area contributed by atoms with Crippen molar-refractivity contribution in [3.63, 3.8) is 0 Å². The van der Waals surface area contributed by atoms with Gasteiger partial charge < -0.3 is 15.4 Å². The second-order valence-electron chi connectivity index (χ2n) is 4.81. The molecule has 21 heavy (non-hydrogen) atoms. The van der Waals surface area contributed by atoms with Crippen molar-refractivity contribution in [2.45, 2.75) is 13.3 Å². The molecule has 0 radical (unpaired) electrons. The molecule has 108 valence electrons. The molecule has 2 aromatic rings. The van der Waals surface area contributed by atoms with Crippen molar-refractivity contribution >= 4 is 34.7 Å². The molecule has 0 fully saturated rings. The lowest BCUT2D eigenvalue weighted by Gasteiger charge is -2.30. The van der Waals surface area contributed by atoms with Crippen molar-refractivity contribution < 1.29 is 9.53 Å². The summed E-state index contributed by atoms with van der Waals surface area (Å²) in [5.74, 6) is 0.859. The van der Waals surface area contributed by atoms with Gasteiger partial charge in [0, 0.05) is 29.3 Å². The van der Waals surface area contributed by atoms with Gasteiger partial charge in [-0.05, 0) is 30.0 Å². The van der Waals surface area contributed by atoms with Gasteiger partial charge in [0.15, 0.2) is 11.5 Å². The van der Waals surface area contributed by atoms with Gasteiger partial charge in [0.2, 0.25) is 0 Å². The molecule has 0 aliphatic carbocycles. The number of anilines is 2.